The number of nitrogens with one attached hydrogen (secondary N) is 2. The number of anilines is 1. The number of amides is 2. The van der Waals surface area contributed by atoms with Crippen molar-refractivity contribution in [3.63, 3.8) is 0 Å². The summed E-state index contributed by atoms with van der Waals surface area (Å²) >= 11 is 1.27. The molecule has 150 valence electrons. The van der Waals surface area contributed by atoms with E-state index in [1.807, 2.05) is 0 Å². The highest BCUT2D eigenvalue weighted by Crippen LogP contribution is 2.17. The number of rotatable bonds is 7. The van der Waals surface area contributed by atoms with Crippen LogP contribution in [-0.2, 0) is 13.0 Å². The third-order valence-electron chi connectivity index (χ3n) is 3.99. The fourth-order valence-corrected chi connectivity index (χ4v) is 3.53. The Morgan fingerprint density at radius 3 is 2.55 bits per heavy atom. The largest absolute Gasteiger partial charge is 0.348 e. The van der Waals surface area contributed by atoms with Crippen molar-refractivity contribution in [2.75, 3.05) is 5.32 Å². The molecule has 2 N–H and O–H groups in total. The molecular formula is C21H21FN4O2S. The second-order valence-corrected chi connectivity index (χ2v) is 8.01. The third kappa shape index (κ3) is 5.92. The summed E-state index contributed by atoms with van der Waals surface area (Å²) in [6, 6.07) is 12.5. The van der Waals surface area contributed by atoms with E-state index >= 15 is 0 Å². The minimum absolute atomic E-state index is 0.277. The molecule has 0 aliphatic carbocycles. The van der Waals surface area contributed by atoms with Gasteiger partial charge >= 0.3 is 0 Å². The lowest BCUT2D eigenvalue weighted by atomic mass is 10.1. The van der Waals surface area contributed by atoms with Crippen LogP contribution in [0.3, 0.4) is 0 Å². The zero-order valence-electron chi connectivity index (χ0n) is 16.1. The van der Waals surface area contributed by atoms with E-state index in [9.17, 15) is 14.0 Å². The van der Waals surface area contributed by atoms with Gasteiger partial charge in [0.1, 0.15) is 10.8 Å². The summed E-state index contributed by atoms with van der Waals surface area (Å²) in [7, 11) is 0. The number of carbonyl (C=O) groups is 2. The highest BCUT2D eigenvalue weighted by Gasteiger charge is 2.15. The summed E-state index contributed by atoms with van der Waals surface area (Å²) in [5, 5.41) is 14.6. The molecule has 0 atom stereocenters. The lowest BCUT2D eigenvalue weighted by molar-refractivity contribution is 0.0949. The van der Waals surface area contributed by atoms with Gasteiger partial charge < -0.3 is 10.6 Å². The Kier molecular flexibility index (Phi) is 6.66. The van der Waals surface area contributed by atoms with Crippen LogP contribution in [0, 0.1) is 11.7 Å². The number of nitrogens with zero attached hydrogens (tertiary/aromatic N) is 2. The second-order valence-electron chi connectivity index (χ2n) is 6.94. The Balaban J connectivity index is 1.61. The molecule has 0 aliphatic rings. The van der Waals surface area contributed by atoms with Gasteiger partial charge in [0.05, 0.1) is 0 Å². The highest BCUT2D eigenvalue weighted by molar-refractivity contribution is 7.13. The lowest BCUT2D eigenvalue weighted by Gasteiger charge is -2.08. The number of hydrogen-bond acceptors (Lipinski definition) is 5. The van der Waals surface area contributed by atoms with Gasteiger partial charge in [0, 0.05) is 24.2 Å². The van der Waals surface area contributed by atoms with Gasteiger partial charge in [-0.3, -0.25) is 9.59 Å². The maximum Gasteiger partial charge on any atom is 0.286 e. The molecule has 29 heavy (non-hydrogen) atoms. The van der Waals surface area contributed by atoms with Crippen molar-refractivity contribution >= 4 is 28.8 Å². The molecule has 8 heteroatoms. The van der Waals surface area contributed by atoms with E-state index in [2.05, 4.69) is 34.7 Å². The standard InChI is InChI=1S/C21H21FN4O2S/c1-13(2)10-18-25-26-21(29-18)20(28)24-17-5-3-4-15(11-17)19(27)23-12-14-6-8-16(22)9-7-14/h3-9,11,13H,10,12H2,1-2H3,(H,23,27)(H,24,28). The monoisotopic (exact) mass is 412 g/mol. The Morgan fingerprint density at radius 2 is 1.83 bits per heavy atom. The van der Waals surface area contributed by atoms with Gasteiger partial charge in [0.25, 0.3) is 11.8 Å². The summed E-state index contributed by atoms with van der Waals surface area (Å²) in [5.41, 5.74) is 1.69. The molecule has 6 nitrogen and oxygen atoms in total. The first-order valence-corrected chi connectivity index (χ1v) is 9.99. The van der Waals surface area contributed by atoms with Crippen molar-refractivity contribution in [2.45, 2.75) is 26.8 Å². The van der Waals surface area contributed by atoms with E-state index < -0.39 is 0 Å². The highest BCUT2D eigenvalue weighted by atomic mass is 32.1. The van der Waals surface area contributed by atoms with Crippen LogP contribution in [0.2, 0.25) is 0 Å². The first-order valence-electron chi connectivity index (χ1n) is 9.17. The van der Waals surface area contributed by atoms with Gasteiger partial charge in [-0.1, -0.05) is 43.4 Å². The number of carbonyl (C=O) groups excluding carboxylic acids is 2. The fraction of sp³-hybridized carbons (Fsp3) is 0.238. The van der Waals surface area contributed by atoms with Crippen molar-refractivity contribution in [3.05, 3.63) is 75.5 Å². The van der Waals surface area contributed by atoms with Gasteiger partial charge in [-0.05, 0) is 41.8 Å². The molecule has 3 aromatic rings. The van der Waals surface area contributed by atoms with Crippen LogP contribution in [-0.4, -0.2) is 22.0 Å². The van der Waals surface area contributed by atoms with Crippen molar-refractivity contribution in [1.82, 2.24) is 15.5 Å². The lowest BCUT2D eigenvalue weighted by Crippen LogP contribution is -2.23. The van der Waals surface area contributed by atoms with E-state index in [-0.39, 0.29) is 29.2 Å². The first-order chi connectivity index (χ1) is 13.9. The van der Waals surface area contributed by atoms with Gasteiger partial charge in [0.15, 0.2) is 0 Å². The number of aromatic nitrogens is 2. The van der Waals surface area contributed by atoms with Crippen LogP contribution in [0.5, 0.6) is 0 Å². The zero-order chi connectivity index (χ0) is 20.8. The molecule has 3 rings (SSSR count). The molecule has 0 bridgehead atoms. The average molecular weight is 412 g/mol. The molecule has 1 aromatic heterocycles. The molecule has 0 saturated carbocycles. The zero-order valence-corrected chi connectivity index (χ0v) is 16.9. The molecule has 2 aromatic carbocycles. The van der Waals surface area contributed by atoms with Crippen molar-refractivity contribution in [2.24, 2.45) is 5.92 Å². The van der Waals surface area contributed by atoms with Crippen LogP contribution in [0.4, 0.5) is 10.1 Å². The second kappa shape index (κ2) is 9.38. The minimum atomic E-state index is -0.360. The SMILES string of the molecule is CC(C)Cc1nnc(C(=O)Nc2cccc(C(=O)NCc3ccc(F)cc3)c2)s1. The molecule has 0 spiro atoms. The minimum Gasteiger partial charge on any atom is -0.348 e. The molecule has 1 heterocycles. The summed E-state index contributed by atoms with van der Waals surface area (Å²) < 4.78 is 12.9. The van der Waals surface area contributed by atoms with Crippen molar-refractivity contribution in [1.29, 1.82) is 0 Å². The van der Waals surface area contributed by atoms with E-state index in [1.54, 1.807) is 36.4 Å². The van der Waals surface area contributed by atoms with Gasteiger partial charge in [-0.25, -0.2) is 4.39 Å². The Bertz CT molecular complexity index is 1000. The maximum absolute atomic E-state index is 12.9. The average Bonchev–Trinajstić information content (AvgIpc) is 3.15. The number of hydrogen-bond donors (Lipinski definition) is 2. The molecule has 0 fully saturated rings. The smallest absolute Gasteiger partial charge is 0.286 e. The molecule has 0 aliphatic heterocycles. The summed E-state index contributed by atoms with van der Waals surface area (Å²) in [5.74, 6) is -0.541. The van der Waals surface area contributed by atoms with E-state index in [0.29, 0.717) is 17.2 Å². The molecule has 0 unspecified atom stereocenters. The maximum atomic E-state index is 12.9. The topological polar surface area (TPSA) is 84.0 Å². The fourth-order valence-electron chi connectivity index (χ4n) is 2.59. The van der Waals surface area contributed by atoms with Crippen LogP contribution in [0.25, 0.3) is 0 Å². The van der Waals surface area contributed by atoms with Crippen molar-refractivity contribution in [3.8, 4) is 0 Å². The first kappa shape index (κ1) is 20.6. The molecular weight excluding hydrogens is 391 g/mol. The van der Waals surface area contributed by atoms with E-state index in [1.165, 1.54) is 23.5 Å². The Morgan fingerprint density at radius 1 is 1.07 bits per heavy atom. The molecule has 0 saturated heterocycles. The predicted molar refractivity (Wildman–Crippen MR) is 110 cm³/mol. The third-order valence-corrected chi connectivity index (χ3v) is 4.94. The number of halogens is 1. The predicted octanol–water partition coefficient (Wildman–Crippen LogP) is 4.06. The Labute approximate surface area is 172 Å². The number of benzene rings is 2. The summed E-state index contributed by atoms with van der Waals surface area (Å²) in [6.45, 7) is 4.43. The summed E-state index contributed by atoms with van der Waals surface area (Å²) in [4.78, 5) is 24.8. The van der Waals surface area contributed by atoms with Crippen LogP contribution in [0.1, 0.15) is 44.6 Å². The summed E-state index contributed by atoms with van der Waals surface area (Å²) in [6.07, 6.45) is 0.772. The van der Waals surface area contributed by atoms with Crippen LogP contribution < -0.4 is 10.6 Å². The van der Waals surface area contributed by atoms with E-state index in [0.717, 1.165) is 17.0 Å². The molecule has 0 radical (unpaired) electrons. The van der Waals surface area contributed by atoms with Gasteiger partial charge in [-0.2, -0.15) is 0 Å². The molecule has 2 amide bonds. The normalized spacial score (nSPS) is 10.8. The van der Waals surface area contributed by atoms with E-state index in [4.69, 9.17) is 0 Å². The Hall–Kier alpha value is -3.13. The van der Waals surface area contributed by atoms with Gasteiger partial charge in [0.2, 0.25) is 5.01 Å². The quantitative estimate of drug-likeness (QED) is 0.613. The van der Waals surface area contributed by atoms with Crippen molar-refractivity contribution < 1.29 is 14.0 Å². The van der Waals surface area contributed by atoms with Gasteiger partial charge in [-0.15, -0.1) is 10.2 Å². The van der Waals surface area contributed by atoms with Crippen LogP contribution >= 0.6 is 11.3 Å². The van der Waals surface area contributed by atoms with Crippen LogP contribution in [0.15, 0.2) is 48.5 Å².